The smallest absolute Gasteiger partial charge is 0.417 e. The molecule has 63 valence electrons. The second-order valence-corrected chi connectivity index (χ2v) is 2.27. The zero-order valence-corrected chi connectivity index (χ0v) is 6.43. The summed E-state index contributed by atoms with van der Waals surface area (Å²) < 4.78 is 4.35. The molecule has 0 aromatic rings. The van der Waals surface area contributed by atoms with E-state index in [0.717, 1.165) is 19.3 Å². The standard InChI is InChI=1S/C7H13N2O2/c8-7(9)4-2-1-3-5-11-6-10/h1-5H2,(H3,8,9). The summed E-state index contributed by atoms with van der Waals surface area (Å²) in [6, 6.07) is 0. The summed E-state index contributed by atoms with van der Waals surface area (Å²) in [7, 11) is 0. The molecule has 0 fully saturated rings. The monoisotopic (exact) mass is 157 g/mol. The number of hydrogen-bond acceptors (Lipinski definition) is 3. The molecule has 0 unspecified atom stereocenters. The molecule has 1 radical (unpaired) electrons. The van der Waals surface area contributed by atoms with Crippen molar-refractivity contribution in [2.24, 2.45) is 5.73 Å². The highest BCUT2D eigenvalue weighted by Gasteiger charge is 1.91. The van der Waals surface area contributed by atoms with Crippen LogP contribution in [-0.4, -0.2) is 18.9 Å². The molecule has 0 aliphatic carbocycles. The molecular weight excluding hydrogens is 144 g/mol. The molecule has 11 heavy (non-hydrogen) atoms. The van der Waals surface area contributed by atoms with E-state index in [-0.39, 0.29) is 5.84 Å². The number of carbonyl (C=O) groups excluding carboxylic acids is 1. The van der Waals surface area contributed by atoms with Crippen LogP contribution in [0.4, 0.5) is 0 Å². The fraction of sp³-hybridized carbons (Fsp3) is 0.714. The number of ether oxygens (including phenoxy) is 1. The van der Waals surface area contributed by atoms with Crippen molar-refractivity contribution in [2.75, 3.05) is 6.61 Å². The third kappa shape index (κ3) is 8.94. The third-order valence-corrected chi connectivity index (χ3v) is 1.25. The SMILES string of the molecule is N=C(N)CCCCCO[C]=O. The van der Waals surface area contributed by atoms with Crippen LogP contribution in [0.2, 0.25) is 0 Å². The largest absolute Gasteiger partial charge is 0.457 e. The maximum atomic E-state index is 9.54. The predicted octanol–water partition coefficient (Wildman–Crippen LogP) is 0.567. The van der Waals surface area contributed by atoms with Crippen molar-refractivity contribution in [1.82, 2.24) is 0 Å². The van der Waals surface area contributed by atoms with Crippen LogP contribution in [0.3, 0.4) is 0 Å². The van der Waals surface area contributed by atoms with Gasteiger partial charge in [0.05, 0.1) is 12.4 Å². The molecule has 4 nitrogen and oxygen atoms in total. The summed E-state index contributed by atoms with van der Waals surface area (Å²) in [4.78, 5) is 9.54. The van der Waals surface area contributed by atoms with Gasteiger partial charge in [0.15, 0.2) is 0 Å². The lowest BCUT2D eigenvalue weighted by atomic mass is 10.2. The summed E-state index contributed by atoms with van der Waals surface area (Å²) in [6.45, 7) is 1.77. The first-order chi connectivity index (χ1) is 5.27. The summed E-state index contributed by atoms with van der Waals surface area (Å²) in [5.41, 5.74) is 5.12. The Bertz CT molecular complexity index is 126. The van der Waals surface area contributed by atoms with Crippen molar-refractivity contribution in [3.05, 3.63) is 0 Å². The topological polar surface area (TPSA) is 76.2 Å². The minimum absolute atomic E-state index is 0.216. The lowest BCUT2D eigenvalue weighted by Gasteiger charge is -1.97. The summed E-state index contributed by atoms with van der Waals surface area (Å²) in [5.74, 6) is 0.216. The van der Waals surface area contributed by atoms with Gasteiger partial charge in [-0.3, -0.25) is 5.41 Å². The van der Waals surface area contributed by atoms with Crippen molar-refractivity contribution >= 4 is 12.3 Å². The zero-order chi connectivity index (χ0) is 8.53. The molecule has 0 heterocycles. The van der Waals surface area contributed by atoms with E-state index in [0.29, 0.717) is 13.0 Å². The van der Waals surface area contributed by atoms with Crippen LogP contribution < -0.4 is 5.73 Å². The second kappa shape index (κ2) is 7.05. The first-order valence-corrected chi connectivity index (χ1v) is 3.59. The van der Waals surface area contributed by atoms with E-state index in [1.807, 2.05) is 0 Å². The van der Waals surface area contributed by atoms with Crippen LogP contribution in [0.1, 0.15) is 25.7 Å². The van der Waals surface area contributed by atoms with Crippen LogP contribution in [0, 0.1) is 5.41 Å². The molecule has 0 aromatic heterocycles. The molecular formula is C7H13N2O2. The van der Waals surface area contributed by atoms with Crippen LogP contribution in [0.15, 0.2) is 0 Å². The lowest BCUT2D eigenvalue weighted by molar-refractivity contribution is 0.269. The van der Waals surface area contributed by atoms with Gasteiger partial charge in [0.25, 0.3) is 0 Å². The normalized spacial score (nSPS) is 9.09. The Balaban J connectivity index is 2.90. The van der Waals surface area contributed by atoms with Gasteiger partial charge in [0, 0.05) is 6.42 Å². The molecule has 0 aliphatic rings. The molecule has 0 aliphatic heterocycles. The second-order valence-electron chi connectivity index (χ2n) is 2.27. The maximum Gasteiger partial charge on any atom is 0.417 e. The quantitative estimate of drug-likeness (QED) is 0.322. The fourth-order valence-electron chi connectivity index (χ4n) is 0.708. The first kappa shape index (κ1) is 9.94. The van der Waals surface area contributed by atoms with E-state index in [2.05, 4.69) is 4.74 Å². The summed E-state index contributed by atoms with van der Waals surface area (Å²) >= 11 is 0. The molecule has 0 aromatic carbocycles. The number of hydrogen-bond donors (Lipinski definition) is 2. The van der Waals surface area contributed by atoms with Crippen molar-refractivity contribution in [2.45, 2.75) is 25.7 Å². The van der Waals surface area contributed by atoms with Crippen LogP contribution >= 0.6 is 0 Å². The van der Waals surface area contributed by atoms with Crippen molar-refractivity contribution in [3.8, 4) is 0 Å². The van der Waals surface area contributed by atoms with E-state index in [4.69, 9.17) is 11.1 Å². The molecule has 0 spiro atoms. The minimum atomic E-state index is 0.216. The molecule has 3 N–H and O–H groups in total. The maximum absolute atomic E-state index is 9.54. The van der Waals surface area contributed by atoms with E-state index in [9.17, 15) is 4.79 Å². The number of unbranched alkanes of at least 4 members (excludes halogenated alkanes) is 2. The van der Waals surface area contributed by atoms with E-state index < -0.39 is 0 Å². The minimum Gasteiger partial charge on any atom is -0.457 e. The lowest BCUT2D eigenvalue weighted by Crippen LogP contribution is -2.08. The Kier molecular flexibility index (Phi) is 6.37. The Hall–Kier alpha value is -1.06. The van der Waals surface area contributed by atoms with Gasteiger partial charge in [0.1, 0.15) is 0 Å². The first-order valence-electron chi connectivity index (χ1n) is 3.59. The molecule has 0 amide bonds. The molecule has 0 rings (SSSR count). The Morgan fingerprint density at radius 1 is 1.45 bits per heavy atom. The zero-order valence-electron chi connectivity index (χ0n) is 6.43. The molecule has 0 saturated heterocycles. The predicted molar refractivity (Wildman–Crippen MR) is 42.0 cm³/mol. The highest BCUT2D eigenvalue weighted by Crippen LogP contribution is 1.98. The van der Waals surface area contributed by atoms with Crippen LogP contribution in [0.5, 0.6) is 0 Å². The average Bonchev–Trinajstić information content (AvgIpc) is 1.96. The van der Waals surface area contributed by atoms with Crippen LogP contribution in [-0.2, 0) is 9.53 Å². The number of nitrogens with one attached hydrogen (secondary N) is 1. The average molecular weight is 157 g/mol. The Morgan fingerprint density at radius 2 is 2.18 bits per heavy atom. The van der Waals surface area contributed by atoms with Gasteiger partial charge in [-0.2, -0.15) is 0 Å². The Labute approximate surface area is 66.2 Å². The highest BCUT2D eigenvalue weighted by atomic mass is 16.5. The van der Waals surface area contributed by atoms with Gasteiger partial charge in [-0.25, -0.2) is 4.79 Å². The van der Waals surface area contributed by atoms with Gasteiger partial charge in [0.2, 0.25) is 0 Å². The number of amidine groups is 1. The summed E-state index contributed by atoms with van der Waals surface area (Å²) in [6.07, 6.45) is 3.27. The van der Waals surface area contributed by atoms with Crippen molar-refractivity contribution in [3.63, 3.8) is 0 Å². The van der Waals surface area contributed by atoms with Crippen molar-refractivity contribution in [1.29, 1.82) is 5.41 Å². The van der Waals surface area contributed by atoms with Gasteiger partial charge in [-0.1, -0.05) is 0 Å². The van der Waals surface area contributed by atoms with Crippen LogP contribution in [0.25, 0.3) is 0 Å². The molecule has 4 heteroatoms. The van der Waals surface area contributed by atoms with Gasteiger partial charge < -0.3 is 10.5 Å². The van der Waals surface area contributed by atoms with Gasteiger partial charge in [-0.05, 0) is 19.3 Å². The summed E-state index contributed by atoms with van der Waals surface area (Å²) in [5, 5.41) is 6.90. The Morgan fingerprint density at radius 3 is 2.73 bits per heavy atom. The number of rotatable bonds is 7. The van der Waals surface area contributed by atoms with E-state index in [1.54, 1.807) is 0 Å². The highest BCUT2D eigenvalue weighted by molar-refractivity contribution is 5.76. The van der Waals surface area contributed by atoms with E-state index >= 15 is 0 Å². The van der Waals surface area contributed by atoms with Crippen molar-refractivity contribution < 1.29 is 9.53 Å². The molecule has 0 bridgehead atoms. The van der Waals surface area contributed by atoms with Gasteiger partial charge in [-0.15, -0.1) is 0 Å². The molecule has 0 saturated carbocycles. The third-order valence-electron chi connectivity index (χ3n) is 1.25. The number of nitrogens with two attached hydrogens (primary N) is 1. The van der Waals surface area contributed by atoms with E-state index in [1.165, 1.54) is 6.47 Å². The fourth-order valence-corrected chi connectivity index (χ4v) is 0.708. The molecule has 0 atom stereocenters. The van der Waals surface area contributed by atoms with Gasteiger partial charge >= 0.3 is 6.47 Å².